The van der Waals surface area contributed by atoms with E-state index in [1.165, 1.54) is 28.6 Å². The van der Waals surface area contributed by atoms with Crippen molar-refractivity contribution < 1.29 is 27.9 Å². The molecule has 1 fully saturated rings. The van der Waals surface area contributed by atoms with Gasteiger partial charge in [-0.3, -0.25) is 9.59 Å². The summed E-state index contributed by atoms with van der Waals surface area (Å²) < 4.78 is 32.6. The van der Waals surface area contributed by atoms with Crippen LogP contribution in [0.25, 0.3) is 0 Å². The number of carbonyl (C=O) groups is 2. The number of amides is 1. The Labute approximate surface area is 153 Å². The number of hydrogen-bond acceptors (Lipinski definition) is 5. The number of ether oxygens (including phenoxy) is 1. The van der Waals surface area contributed by atoms with Crippen molar-refractivity contribution in [3.63, 3.8) is 0 Å². The quantitative estimate of drug-likeness (QED) is 0.755. The molecule has 26 heavy (non-hydrogen) atoms. The smallest absolute Gasteiger partial charge is 0.322 e. The molecule has 0 aromatic heterocycles. The molecule has 1 atom stereocenters. The molecule has 2 N–H and O–H groups in total. The highest BCUT2D eigenvalue weighted by atomic mass is 32.2. The number of sulfonamides is 1. The second-order valence-corrected chi connectivity index (χ2v) is 8.88. The maximum absolute atomic E-state index is 12.9. The fourth-order valence-corrected chi connectivity index (χ4v) is 4.74. The van der Waals surface area contributed by atoms with Gasteiger partial charge in [-0.1, -0.05) is 13.8 Å². The van der Waals surface area contributed by atoms with Crippen molar-refractivity contribution >= 4 is 21.9 Å². The van der Waals surface area contributed by atoms with Crippen LogP contribution < -0.4 is 5.32 Å². The first-order valence-electron chi connectivity index (χ1n) is 8.21. The van der Waals surface area contributed by atoms with E-state index in [1.807, 2.05) is 13.8 Å². The minimum Gasteiger partial charge on any atom is -0.480 e. The van der Waals surface area contributed by atoms with Crippen LogP contribution in [-0.4, -0.2) is 62.6 Å². The number of piperidine rings is 1. The maximum atomic E-state index is 12.9. The van der Waals surface area contributed by atoms with Crippen molar-refractivity contribution in [2.24, 2.45) is 5.41 Å². The standard InChI is InChI=1S/C17H24N2O6S/c1-17(2)11-19(9-8-14(17)25-3)26(23,24)13-6-4-12(5-7-13)16(22)18-10-15(20)21/h4-7,14H,8-11H2,1-3H3,(H,18,22)(H,20,21). The summed E-state index contributed by atoms with van der Waals surface area (Å²) in [6.45, 7) is 4.15. The van der Waals surface area contributed by atoms with E-state index >= 15 is 0 Å². The lowest BCUT2D eigenvalue weighted by Crippen LogP contribution is -2.51. The molecule has 1 saturated heterocycles. The minimum absolute atomic E-state index is 0.00532. The van der Waals surface area contributed by atoms with Crippen LogP contribution >= 0.6 is 0 Å². The zero-order valence-corrected chi connectivity index (χ0v) is 15.9. The number of aliphatic carboxylic acids is 1. The Morgan fingerprint density at radius 2 is 1.92 bits per heavy atom. The van der Waals surface area contributed by atoms with E-state index in [4.69, 9.17) is 9.84 Å². The fourth-order valence-electron chi connectivity index (χ4n) is 3.11. The highest BCUT2D eigenvalue weighted by Gasteiger charge is 2.40. The molecule has 1 amide bonds. The Morgan fingerprint density at radius 3 is 2.42 bits per heavy atom. The van der Waals surface area contributed by atoms with Crippen molar-refractivity contribution in [1.82, 2.24) is 9.62 Å². The minimum atomic E-state index is -3.68. The lowest BCUT2D eigenvalue weighted by atomic mass is 9.82. The third-order valence-corrected chi connectivity index (χ3v) is 6.39. The van der Waals surface area contributed by atoms with Crippen LogP contribution in [0.1, 0.15) is 30.6 Å². The summed E-state index contributed by atoms with van der Waals surface area (Å²) in [6, 6.07) is 5.47. The summed E-state index contributed by atoms with van der Waals surface area (Å²) in [4.78, 5) is 22.4. The lowest BCUT2D eigenvalue weighted by molar-refractivity contribution is -0.135. The molecule has 1 aromatic rings. The summed E-state index contributed by atoms with van der Waals surface area (Å²) in [5.41, 5.74) is -0.111. The Morgan fingerprint density at radius 1 is 1.31 bits per heavy atom. The topological polar surface area (TPSA) is 113 Å². The third kappa shape index (κ3) is 4.40. The first-order chi connectivity index (χ1) is 12.1. The Bertz CT molecular complexity index is 773. The van der Waals surface area contributed by atoms with Crippen LogP contribution in [-0.2, 0) is 19.6 Å². The number of carboxylic acid groups (broad SMARTS) is 1. The second-order valence-electron chi connectivity index (χ2n) is 6.94. The summed E-state index contributed by atoms with van der Waals surface area (Å²) in [7, 11) is -2.05. The highest BCUT2D eigenvalue weighted by Crippen LogP contribution is 2.34. The molecule has 1 heterocycles. The van der Waals surface area contributed by atoms with Gasteiger partial charge in [-0.15, -0.1) is 0 Å². The van der Waals surface area contributed by atoms with Crippen molar-refractivity contribution in [3.8, 4) is 0 Å². The monoisotopic (exact) mass is 384 g/mol. The summed E-state index contributed by atoms with van der Waals surface area (Å²) in [5.74, 6) is -1.72. The zero-order valence-electron chi connectivity index (χ0n) is 15.1. The number of benzene rings is 1. The molecular formula is C17H24N2O6S. The van der Waals surface area contributed by atoms with Crippen molar-refractivity contribution in [2.75, 3.05) is 26.7 Å². The second kappa shape index (κ2) is 7.73. The SMILES string of the molecule is COC1CCN(S(=O)(=O)c2ccc(C(=O)NCC(=O)O)cc2)CC1(C)C. The molecule has 1 aliphatic rings. The molecule has 144 valence electrons. The largest absolute Gasteiger partial charge is 0.480 e. The molecule has 1 aromatic carbocycles. The van der Waals surface area contributed by atoms with E-state index in [-0.39, 0.29) is 22.0 Å². The predicted octanol–water partition coefficient (Wildman–Crippen LogP) is 0.937. The molecule has 1 aliphatic heterocycles. The molecule has 9 heteroatoms. The number of carbonyl (C=O) groups excluding carboxylic acids is 1. The Kier molecular flexibility index (Phi) is 6.05. The summed E-state index contributed by atoms with van der Waals surface area (Å²) in [5, 5.41) is 10.8. The molecule has 0 saturated carbocycles. The number of methoxy groups -OCH3 is 1. The van der Waals surface area contributed by atoms with Gasteiger partial charge in [-0.25, -0.2) is 8.42 Å². The number of nitrogens with zero attached hydrogens (tertiary/aromatic N) is 1. The van der Waals surface area contributed by atoms with Crippen molar-refractivity contribution in [3.05, 3.63) is 29.8 Å². The molecule has 0 radical (unpaired) electrons. The number of nitrogens with one attached hydrogen (secondary N) is 1. The molecule has 0 bridgehead atoms. The van der Waals surface area contributed by atoms with Crippen molar-refractivity contribution in [1.29, 1.82) is 0 Å². The van der Waals surface area contributed by atoms with Gasteiger partial charge in [0, 0.05) is 31.2 Å². The van der Waals surface area contributed by atoms with Gasteiger partial charge in [0.2, 0.25) is 10.0 Å². The number of rotatable bonds is 6. The number of carboxylic acids is 1. The van der Waals surface area contributed by atoms with E-state index in [2.05, 4.69) is 5.32 Å². The van der Waals surface area contributed by atoms with Gasteiger partial charge in [0.1, 0.15) is 6.54 Å². The van der Waals surface area contributed by atoms with Crippen LogP contribution in [0.3, 0.4) is 0 Å². The van der Waals surface area contributed by atoms with Gasteiger partial charge >= 0.3 is 5.97 Å². The van der Waals surface area contributed by atoms with Crippen LogP contribution in [0.4, 0.5) is 0 Å². The summed E-state index contributed by atoms with van der Waals surface area (Å²) >= 11 is 0. The van der Waals surface area contributed by atoms with E-state index in [1.54, 1.807) is 7.11 Å². The lowest BCUT2D eigenvalue weighted by Gasteiger charge is -2.42. The molecule has 0 aliphatic carbocycles. The van der Waals surface area contributed by atoms with Gasteiger partial charge in [-0.05, 0) is 30.7 Å². The van der Waals surface area contributed by atoms with E-state index in [9.17, 15) is 18.0 Å². The normalized spacial score (nSPS) is 20.5. The van der Waals surface area contributed by atoms with Crippen LogP contribution in [0, 0.1) is 5.41 Å². The Hall–Kier alpha value is -1.97. The molecule has 8 nitrogen and oxygen atoms in total. The average molecular weight is 384 g/mol. The molecule has 2 rings (SSSR count). The summed E-state index contributed by atoms with van der Waals surface area (Å²) in [6.07, 6.45) is 0.604. The van der Waals surface area contributed by atoms with Gasteiger partial charge < -0.3 is 15.2 Å². The zero-order chi connectivity index (χ0) is 19.5. The van der Waals surface area contributed by atoms with Crippen LogP contribution in [0.2, 0.25) is 0 Å². The maximum Gasteiger partial charge on any atom is 0.322 e. The number of hydrogen-bond donors (Lipinski definition) is 2. The van der Waals surface area contributed by atoms with Gasteiger partial charge in [0.05, 0.1) is 11.0 Å². The molecule has 0 spiro atoms. The Balaban J connectivity index is 2.15. The third-order valence-electron chi connectivity index (χ3n) is 4.54. The van der Waals surface area contributed by atoms with E-state index in [0.717, 1.165) is 0 Å². The first-order valence-corrected chi connectivity index (χ1v) is 9.65. The van der Waals surface area contributed by atoms with Gasteiger partial charge in [-0.2, -0.15) is 4.31 Å². The first kappa shape index (κ1) is 20.3. The highest BCUT2D eigenvalue weighted by molar-refractivity contribution is 7.89. The average Bonchev–Trinajstić information content (AvgIpc) is 2.58. The van der Waals surface area contributed by atoms with E-state index < -0.39 is 28.4 Å². The van der Waals surface area contributed by atoms with Crippen LogP contribution in [0.5, 0.6) is 0 Å². The fraction of sp³-hybridized carbons (Fsp3) is 0.529. The van der Waals surface area contributed by atoms with Crippen molar-refractivity contribution in [2.45, 2.75) is 31.3 Å². The van der Waals surface area contributed by atoms with Crippen LogP contribution in [0.15, 0.2) is 29.2 Å². The van der Waals surface area contributed by atoms with Gasteiger partial charge in [0.25, 0.3) is 5.91 Å². The van der Waals surface area contributed by atoms with E-state index in [0.29, 0.717) is 19.5 Å². The molecule has 1 unspecified atom stereocenters. The molecular weight excluding hydrogens is 360 g/mol. The predicted molar refractivity (Wildman–Crippen MR) is 94.4 cm³/mol. The van der Waals surface area contributed by atoms with Gasteiger partial charge in [0.15, 0.2) is 0 Å².